The van der Waals surface area contributed by atoms with Crippen molar-refractivity contribution in [3.8, 4) is 11.5 Å². The minimum Gasteiger partial charge on any atom is -0.493 e. The van der Waals surface area contributed by atoms with Crippen LogP contribution < -0.4 is 9.47 Å². The van der Waals surface area contributed by atoms with E-state index in [1.807, 2.05) is 61.6 Å². The number of aromatic nitrogens is 1. The summed E-state index contributed by atoms with van der Waals surface area (Å²) in [5, 5.41) is 1.96. The summed E-state index contributed by atoms with van der Waals surface area (Å²) in [7, 11) is 5.07. The van der Waals surface area contributed by atoms with Crippen molar-refractivity contribution in [2.24, 2.45) is 0 Å². The average Bonchev–Trinajstić information content (AvgIpc) is 2.75. The molecule has 0 aliphatic heterocycles. The number of benzene rings is 2. The molecule has 146 valence electrons. The molecule has 28 heavy (non-hydrogen) atoms. The number of hydrogen-bond donors (Lipinski definition) is 0. The van der Waals surface area contributed by atoms with Gasteiger partial charge in [-0.05, 0) is 36.2 Å². The monoisotopic (exact) mass is 396 g/mol. The van der Waals surface area contributed by atoms with Crippen LogP contribution in [0.4, 0.5) is 0 Å². The molecule has 0 spiro atoms. The highest BCUT2D eigenvalue weighted by atomic mass is 32.2. The smallest absolute Gasteiger partial charge is 0.232 e. The van der Waals surface area contributed by atoms with Gasteiger partial charge in [0.25, 0.3) is 0 Å². The van der Waals surface area contributed by atoms with Crippen molar-refractivity contribution in [1.82, 2.24) is 9.88 Å². The maximum absolute atomic E-state index is 12.5. The van der Waals surface area contributed by atoms with Gasteiger partial charge in [0.05, 0.1) is 30.5 Å². The summed E-state index contributed by atoms with van der Waals surface area (Å²) >= 11 is 1.47. The number of nitrogens with zero attached hydrogens (tertiary/aromatic N) is 2. The lowest BCUT2D eigenvalue weighted by atomic mass is 10.1. The van der Waals surface area contributed by atoms with Crippen molar-refractivity contribution < 1.29 is 14.3 Å². The standard InChI is InChI=1S/C22H24N2O3S/c1-24(13-12-16-8-10-19(26-2)20(14-16)27-3)22(25)15-28-21-11-9-17-6-4-5-7-18(17)23-21/h4-11,14H,12-13,15H2,1-3H3. The summed E-state index contributed by atoms with van der Waals surface area (Å²) in [5.41, 5.74) is 2.04. The van der Waals surface area contributed by atoms with Gasteiger partial charge in [-0.2, -0.15) is 0 Å². The SMILES string of the molecule is COc1ccc(CCN(C)C(=O)CSc2ccc3ccccc3n2)cc1OC. The van der Waals surface area contributed by atoms with E-state index in [1.54, 1.807) is 19.1 Å². The summed E-state index contributed by atoms with van der Waals surface area (Å²) in [4.78, 5) is 18.8. The Balaban J connectivity index is 1.52. The Morgan fingerprint density at radius 1 is 1.04 bits per heavy atom. The molecule has 0 atom stereocenters. The average molecular weight is 397 g/mol. The first-order valence-corrected chi connectivity index (χ1v) is 10.0. The van der Waals surface area contributed by atoms with Gasteiger partial charge in [0, 0.05) is 19.0 Å². The zero-order valence-electron chi connectivity index (χ0n) is 16.3. The lowest BCUT2D eigenvalue weighted by molar-refractivity contribution is -0.127. The molecular weight excluding hydrogens is 372 g/mol. The van der Waals surface area contributed by atoms with Crippen molar-refractivity contribution in [3.63, 3.8) is 0 Å². The molecule has 1 aromatic heterocycles. The van der Waals surface area contributed by atoms with Gasteiger partial charge in [-0.1, -0.05) is 42.1 Å². The Morgan fingerprint density at radius 3 is 2.61 bits per heavy atom. The molecule has 2 aromatic carbocycles. The molecule has 3 rings (SSSR count). The normalized spacial score (nSPS) is 10.7. The van der Waals surface area contributed by atoms with Crippen molar-refractivity contribution in [2.75, 3.05) is 33.6 Å². The fourth-order valence-corrected chi connectivity index (χ4v) is 3.65. The third kappa shape index (κ3) is 4.95. The van der Waals surface area contributed by atoms with E-state index in [4.69, 9.17) is 9.47 Å². The molecule has 1 amide bonds. The van der Waals surface area contributed by atoms with Crippen LogP contribution in [0.3, 0.4) is 0 Å². The molecule has 0 saturated heterocycles. The summed E-state index contributed by atoms with van der Waals surface area (Å²) < 4.78 is 10.6. The molecule has 0 radical (unpaired) electrons. The van der Waals surface area contributed by atoms with Gasteiger partial charge < -0.3 is 14.4 Å². The van der Waals surface area contributed by atoms with Crippen LogP contribution >= 0.6 is 11.8 Å². The summed E-state index contributed by atoms with van der Waals surface area (Å²) in [5.74, 6) is 1.86. The van der Waals surface area contributed by atoms with E-state index in [0.717, 1.165) is 27.9 Å². The Hall–Kier alpha value is -2.73. The zero-order valence-corrected chi connectivity index (χ0v) is 17.2. The number of rotatable bonds is 8. The molecule has 0 fully saturated rings. The van der Waals surface area contributed by atoms with Crippen molar-refractivity contribution in [2.45, 2.75) is 11.4 Å². The number of carbonyl (C=O) groups excluding carboxylic acids is 1. The molecule has 6 heteroatoms. The van der Waals surface area contributed by atoms with Gasteiger partial charge in [-0.3, -0.25) is 4.79 Å². The van der Waals surface area contributed by atoms with E-state index in [1.165, 1.54) is 11.8 Å². The first kappa shape index (κ1) is 20.0. The fourth-order valence-electron chi connectivity index (χ4n) is 2.83. The molecule has 1 heterocycles. The predicted molar refractivity (Wildman–Crippen MR) is 113 cm³/mol. The Kier molecular flexibility index (Phi) is 6.76. The Labute approximate surface area is 169 Å². The molecule has 3 aromatic rings. The number of carbonyl (C=O) groups is 1. The first-order chi connectivity index (χ1) is 13.6. The molecule has 5 nitrogen and oxygen atoms in total. The van der Waals surface area contributed by atoms with Crippen LogP contribution in [0.15, 0.2) is 59.6 Å². The van der Waals surface area contributed by atoms with E-state index >= 15 is 0 Å². The largest absolute Gasteiger partial charge is 0.493 e. The second-order valence-corrected chi connectivity index (χ2v) is 7.38. The maximum Gasteiger partial charge on any atom is 0.232 e. The van der Waals surface area contributed by atoms with E-state index in [9.17, 15) is 4.79 Å². The number of hydrogen-bond acceptors (Lipinski definition) is 5. The Bertz CT molecular complexity index is 961. The first-order valence-electron chi connectivity index (χ1n) is 9.04. The van der Waals surface area contributed by atoms with Gasteiger partial charge in [-0.15, -0.1) is 0 Å². The van der Waals surface area contributed by atoms with Gasteiger partial charge in [-0.25, -0.2) is 4.98 Å². The fraction of sp³-hybridized carbons (Fsp3) is 0.273. The summed E-state index contributed by atoms with van der Waals surface area (Å²) in [6, 6.07) is 17.8. The van der Waals surface area contributed by atoms with Crippen LogP contribution in [-0.2, 0) is 11.2 Å². The molecule has 0 unspecified atom stereocenters. The van der Waals surface area contributed by atoms with Crippen LogP contribution in [0, 0.1) is 0 Å². The number of ether oxygens (including phenoxy) is 2. The van der Waals surface area contributed by atoms with Gasteiger partial charge in [0.15, 0.2) is 11.5 Å². The van der Waals surface area contributed by atoms with E-state index in [2.05, 4.69) is 4.98 Å². The topological polar surface area (TPSA) is 51.7 Å². The van der Waals surface area contributed by atoms with Crippen LogP contribution in [-0.4, -0.2) is 49.4 Å². The highest BCUT2D eigenvalue weighted by Crippen LogP contribution is 2.27. The Morgan fingerprint density at radius 2 is 1.82 bits per heavy atom. The lowest BCUT2D eigenvalue weighted by Gasteiger charge is -2.17. The van der Waals surface area contributed by atoms with E-state index in [-0.39, 0.29) is 5.91 Å². The minimum atomic E-state index is 0.0837. The number of likely N-dealkylation sites (N-methyl/N-ethyl adjacent to an activating group) is 1. The van der Waals surface area contributed by atoms with Gasteiger partial charge >= 0.3 is 0 Å². The van der Waals surface area contributed by atoms with Crippen molar-refractivity contribution in [3.05, 3.63) is 60.2 Å². The highest BCUT2D eigenvalue weighted by Gasteiger charge is 2.11. The molecule has 0 aliphatic carbocycles. The van der Waals surface area contributed by atoms with Crippen LogP contribution in [0.5, 0.6) is 11.5 Å². The van der Waals surface area contributed by atoms with E-state index in [0.29, 0.717) is 23.8 Å². The van der Waals surface area contributed by atoms with Crippen LogP contribution in [0.25, 0.3) is 10.9 Å². The third-order valence-electron chi connectivity index (χ3n) is 4.53. The molecule has 0 bridgehead atoms. The second-order valence-electron chi connectivity index (χ2n) is 6.39. The van der Waals surface area contributed by atoms with Crippen LogP contribution in [0.1, 0.15) is 5.56 Å². The summed E-state index contributed by atoms with van der Waals surface area (Å²) in [6.45, 7) is 0.639. The molecule has 0 N–H and O–H groups in total. The number of fused-ring (bicyclic) bond motifs is 1. The molecule has 0 aliphatic rings. The highest BCUT2D eigenvalue weighted by molar-refractivity contribution is 7.99. The van der Waals surface area contributed by atoms with Crippen molar-refractivity contribution in [1.29, 1.82) is 0 Å². The van der Waals surface area contributed by atoms with Gasteiger partial charge in [0.2, 0.25) is 5.91 Å². The minimum absolute atomic E-state index is 0.0837. The van der Waals surface area contributed by atoms with Crippen molar-refractivity contribution >= 4 is 28.6 Å². The van der Waals surface area contributed by atoms with Crippen LogP contribution in [0.2, 0.25) is 0 Å². The van der Waals surface area contributed by atoms with Gasteiger partial charge in [0.1, 0.15) is 0 Å². The quantitative estimate of drug-likeness (QED) is 0.538. The second kappa shape index (κ2) is 9.46. The third-order valence-corrected chi connectivity index (χ3v) is 5.44. The van der Waals surface area contributed by atoms with E-state index < -0.39 is 0 Å². The number of pyridine rings is 1. The maximum atomic E-state index is 12.5. The number of methoxy groups -OCH3 is 2. The number of amides is 1. The predicted octanol–water partition coefficient (Wildman–Crippen LogP) is 4.05. The summed E-state index contributed by atoms with van der Waals surface area (Å²) in [6.07, 6.45) is 0.751. The molecular formula is C22H24N2O3S. The number of thioether (sulfide) groups is 1. The lowest BCUT2D eigenvalue weighted by Crippen LogP contribution is -2.30. The number of para-hydroxylation sites is 1. The zero-order chi connectivity index (χ0) is 19.9. The molecule has 0 saturated carbocycles.